The molecule has 0 spiro atoms. The van der Waals surface area contributed by atoms with E-state index in [1.807, 2.05) is 19.9 Å². The van der Waals surface area contributed by atoms with Crippen molar-refractivity contribution in [2.75, 3.05) is 11.9 Å². The van der Waals surface area contributed by atoms with Crippen LogP contribution < -0.4 is 10.1 Å². The molecule has 116 valence electrons. The molecule has 1 heterocycles. The van der Waals surface area contributed by atoms with Crippen molar-refractivity contribution in [2.45, 2.75) is 13.8 Å². The van der Waals surface area contributed by atoms with Crippen molar-refractivity contribution < 1.29 is 9.53 Å². The number of ether oxygens (including phenoxy) is 1. The molecule has 0 radical (unpaired) electrons. The van der Waals surface area contributed by atoms with Crippen LogP contribution in [0.5, 0.6) is 5.75 Å². The maximum Gasteiger partial charge on any atom is 0.264 e. The number of nitrogens with zero attached hydrogens (tertiary/aromatic N) is 2. The van der Waals surface area contributed by atoms with Crippen molar-refractivity contribution in [1.82, 2.24) is 9.97 Å². The Bertz CT molecular complexity index is 702. The molecule has 0 fully saturated rings. The highest BCUT2D eigenvalue weighted by atomic mass is 35.5. The Morgan fingerprint density at radius 2 is 1.64 bits per heavy atom. The van der Waals surface area contributed by atoms with Crippen LogP contribution in [0.4, 0.5) is 5.95 Å². The summed E-state index contributed by atoms with van der Waals surface area (Å²) < 4.78 is 5.32. The van der Waals surface area contributed by atoms with Gasteiger partial charge in [-0.15, -0.1) is 0 Å². The first-order valence-corrected chi connectivity index (χ1v) is 7.38. The second kappa shape index (κ2) is 7.13. The molecular weight excluding hydrogens is 349 g/mol. The second-order valence-corrected chi connectivity index (χ2v) is 5.73. The summed E-state index contributed by atoms with van der Waals surface area (Å²) in [7, 11) is 0. The number of carbonyl (C=O) groups excluding carboxylic acids is 1. The fourth-order valence-electron chi connectivity index (χ4n) is 1.70. The molecule has 22 heavy (non-hydrogen) atoms. The fourth-order valence-corrected chi connectivity index (χ4v) is 2.29. The predicted octanol–water partition coefficient (Wildman–Crippen LogP) is 4.07. The lowest BCUT2D eigenvalue weighted by Crippen LogP contribution is -2.22. The van der Waals surface area contributed by atoms with E-state index < -0.39 is 5.91 Å². The van der Waals surface area contributed by atoms with E-state index in [1.165, 1.54) is 12.1 Å². The van der Waals surface area contributed by atoms with Crippen LogP contribution >= 0.6 is 34.8 Å². The predicted molar refractivity (Wildman–Crippen MR) is 87.1 cm³/mol. The van der Waals surface area contributed by atoms with Crippen LogP contribution in [0.1, 0.15) is 11.4 Å². The summed E-state index contributed by atoms with van der Waals surface area (Å²) >= 11 is 17.7. The molecule has 0 aliphatic heterocycles. The topological polar surface area (TPSA) is 64.1 Å². The molecule has 0 saturated carbocycles. The average molecular weight is 361 g/mol. The van der Waals surface area contributed by atoms with Gasteiger partial charge in [0.1, 0.15) is 5.75 Å². The van der Waals surface area contributed by atoms with Gasteiger partial charge in [-0.2, -0.15) is 0 Å². The van der Waals surface area contributed by atoms with E-state index in [0.29, 0.717) is 10.0 Å². The van der Waals surface area contributed by atoms with Gasteiger partial charge in [0.2, 0.25) is 5.95 Å². The van der Waals surface area contributed by atoms with Crippen LogP contribution in [-0.4, -0.2) is 22.5 Å². The maximum absolute atomic E-state index is 11.9. The largest absolute Gasteiger partial charge is 0.482 e. The Kier molecular flexibility index (Phi) is 5.45. The summed E-state index contributed by atoms with van der Waals surface area (Å²) in [6.45, 7) is 3.38. The second-order valence-electron chi connectivity index (χ2n) is 4.51. The number of aryl methyl sites for hydroxylation is 2. The molecule has 1 amide bonds. The van der Waals surface area contributed by atoms with Gasteiger partial charge in [0.25, 0.3) is 5.91 Å². The van der Waals surface area contributed by atoms with Gasteiger partial charge < -0.3 is 4.74 Å². The van der Waals surface area contributed by atoms with Crippen molar-refractivity contribution >= 4 is 46.7 Å². The van der Waals surface area contributed by atoms with Crippen LogP contribution in [-0.2, 0) is 4.79 Å². The third kappa shape index (κ3) is 4.47. The summed E-state index contributed by atoms with van der Waals surface area (Å²) in [5.74, 6) is 0.0889. The van der Waals surface area contributed by atoms with Crippen molar-refractivity contribution in [2.24, 2.45) is 0 Å². The monoisotopic (exact) mass is 359 g/mol. The molecule has 1 aromatic heterocycles. The molecule has 1 N–H and O–H groups in total. The highest BCUT2D eigenvalue weighted by Gasteiger charge is 2.11. The lowest BCUT2D eigenvalue weighted by Gasteiger charge is -2.09. The molecule has 2 aromatic rings. The lowest BCUT2D eigenvalue weighted by atomic mass is 10.3. The van der Waals surface area contributed by atoms with Gasteiger partial charge >= 0.3 is 0 Å². The summed E-state index contributed by atoms with van der Waals surface area (Å²) in [5, 5.41) is 3.42. The van der Waals surface area contributed by atoms with Crippen LogP contribution in [0.15, 0.2) is 18.2 Å². The zero-order valence-corrected chi connectivity index (χ0v) is 14.1. The number of carbonyl (C=O) groups is 1. The van der Waals surface area contributed by atoms with Crippen LogP contribution in [0.3, 0.4) is 0 Å². The first kappa shape index (κ1) is 16.8. The van der Waals surface area contributed by atoms with Gasteiger partial charge in [-0.05, 0) is 26.0 Å². The van der Waals surface area contributed by atoms with Crippen molar-refractivity contribution in [3.05, 3.63) is 44.7 Å². The number of nitrogens with one attached hydrogen (secondary N) is 1. The average Bonchev–Trinajstić information content (AvgIpc) is 2.40. The number of hydrogen-bond donors (Lipinski definition) is 1. The van der Waals surface area contributed by atoms with E-state index >= 15 is 0 Å². The summed E-state index contributed by atoms with van der Waals surface area (Å²) in [4.78, 5) is 20.1. The summed E-state index contributed by atoms with van der Waals surface area (Å²) in [5.41, 5.74) is 1.52. The molecule has 0 saturated heterocycles. The van der Waals surface area contributed by atoms with Gasteiger partial charge in [-0.1, -0.05) is 34.8 Å². The first-order chi connectivity index (χ1) is 10.3. The van der Waals surface area contributed by atoms with Crippen LogP contribution in [0.2, 0.25) is 15.1 Å². The van der Waals surface area contributed by atoms with Crippen molar-refractivity contribution in [1.29, 1.82) is 0 Å². The lowest BCUT2D eigenvalue weighted by molar-refractivity contribution is -0.118. The van der Waals surface area contributed by atoms with Crippen LogP contribution in [0, 0.1) is 13.8 Å². The highest BCUT2D eigenvalue weighted by molar-refractivity contribution is 6.43. The Labute approximate surface area is 142 Å². The molecule has 1 aromatic carbocycles. The molecule has 0 aliphatic rings. The number of benzene rings is 1. The molecule has 0 bridgehead atoms. The van der Waals surface area contributed by atoms with E-state index in [0.717, 1.165) is 11.4 Å². The Balaban J connectivity index is 2.00. The normalized spacial score (nSPS) is 10.4. The third-order valence-corrected chi connectivity index (χ3v) is 3.58. The number of rotatable bonds is 4. The number of anilines is 1. The van der Waals surface area contributed by atoms with Crippen molar-refractivity contribution in [3.63, 3.8) is 0 Å². The summed E-state index contributed by atoms with van der Waals surface area (Å²) in [6, 6.07) is 4.71. The SMILES string of the molecule is Cc1cc(C)nc(NC(=O)COc2cc(Cl)c(Cl)cc2Cl)n1. The molecule has 8 heteroatoms. The zero-order valence-electron chi connectivity index (χ0n) is 11.8. The molecule has 2 rings (SSSR count). The standard InChI is InChI=1S/C14H12Cl3N3O2/c1-7-3-8(2)19-14(18-7)20-13(21)6-22-12-5-10(16)9(15)4-11(12)17/h3-5H,6H2,1-2H3,(H,18,19,20,21). The van der Waals surface area contributed by atoms with E-state index in [1.54, 1.807) is 0 Å². The van der Waals surface area contributed by atoms with Gasteiger partial charge in [-0.25, -0.2) is 9.97 Å². The number of halogens is 3. The van der Waals surface area contributed by atoms with Crippen LogP contribution in [0.25, 0.3) is 0 Å². The highest BCUT2D eigenvalue weighted by Crippen LogP contribution is 2.33. The maximum atomic E-state index is 11.9. The van der Waals surface area contributed by atoms with Gasteiger partial charge in [0, 0.05) is 17.5 Å². The van der Waals surface area contributed by atoms with E-state index in [9.17, 15) is 4.79 Å². The Morgan fingerprint density at radius 3 is 2.27 bits per heavy atom. The zero-order chi connectivity index (χ0) is 16.3. The van der Waals surface area contributed by atoms with Gasteiger partial charge in [-0.3, -0.25) is 10.1 Å². The van der Waals surface area contributed by atoms with Crippen molar-refractivity contribution in [3.8, 4) is 5.75 Å². The molecular formula is C14H12Cl3N3O2. The fraction of sp³-hybridized carbons (Fsp3) is 0.214. The Hall–Kier alpha value is -1.56. The number of hydrogen-bond acceptors (Lipinski definition) is 4. The molecule has 0 aliphatic carbocycles. The third-order valence-electron chi connectivity index (χ3n) is 2.57. The number of aromatic nitrogens is 2. The van der Waals surface area contributed by atoms with E-state index in [2.05, 4.69) is 15.3 Å². The van der Waals surface area contributed by atoms with E-state index in [4.69, 9.17) is 39.5 Å². The first-order valence-electron chi connectivity index (χ1n) is 6.24. The van der Waals surface area contributed by atoms with Gasteiger partial charge in [0.15, 0.2) is 6.61 Å². The quantitative estimate of drug-likeness (QED) is 0.835. The minimum Gasteiger partial charge on any atom is -0.482 e. The Morgan fingerprint density at radius 1 is 1.05 bits per heavy atom. The minimum atomic E-state index is -0.410. The van der Waals surface area contributed by atoms with Gasteiger partial charge in [0.05, 0.1) is 15.1 Å². The molecule has 0 atom stereocenters. The van der Waals surface area contributed by atoms with E-state index in [-0.39, 0.29) is 23.3 Å². The summed E-state index contributed by atoms with van der Waals surface area (Å²) in [6.07, 6.45) is 0. The minimum absolute atomic E-state index is 0.228. The number of amides is 1. The smallest absolute Gasteiger partial charge is 0.264 e. The molecule has 5 nitrogen and oxygen atoms in total. The molecule has 0 unspecified atom stereocenters.